The van der Waals surface area contributed by atoms with Crippen molar-refractivity contribution < 1.29 is 48.8 Å². The predicted molar refractivity (Wildman–Crippen MR) is 102 cm³/mol. The molecule has 0 aliphatic heterocycles. The van der Waals surface area contributed by atoms with Crippen LogP contribution in [-0.4, -0.2) is 25.2 Å². The Labute approximate surface area is 184 Å². The molecule has 6 nitrogen and oxygen atoms in total. The third-order valence-electron chi connectivity index (χ3n) is 3.68. The number of hydrogen-bond donors (Lipinski definition) is 0. The molecule has 0 aromatic heterocycles. The number of hydrogen-bond acceptors (Lipinski definition) is 6. The maximum atomic E-state index is 11.3. The molecule has 7 heteroatoms. The van der Waals surface area contributed by atoms with E-state index in [1.165, 1.54) is 24.3 Å². The zero-order valence-electron chi connectivity index (χ0n) is 17.0. The number of carbonyl (C=O) groups is 2. The molecule has 0 heterocycles. The van der Waals surface area contributed by atoms with Crippen LogP contribution in [0.5, 0.6) is 11.5 Å². The van der Waals surface area contributed by atoms with Crippen molar-refractivity contribution in [1.82, 2.24) is 0 Å². The molecule has 0 aliphatic carbocycles. The van der Waals surface area contributed by atoms with Gasteiger partial charge in [-0.25, -0.2) is 9.59 Å². The van der Waals surface area contributed by atoms with Crippen molar-refractivity contribution in [3.05, 3.63) is 59.7 Å². The summed E-state index contributed by atoms with van der Waals surface area (Å²) in [5, 5.41) is 22.4. The van der Waals surface area contributed by atoms with E-state index in [4.69, 9.17) is 9.47 Å². The van der Waals surface area contributed by atoms with Gasteiger partial charge < -0.3 is 19.7 Å². The maximum Gasteiger partial charge on any atom is 2.00 e. The second-order valence-electron chi connectivity index (χ2n) is 5.97. The molecule has 152 valence electrons. The Kier molecular flexibility index (Phi) is 14.2. The van der Waals surface area contributed by atoms with E-state index in [9.17, 15) is 19.8 Å². The third-order valence-corrected chi connectivity index (χ3v) is 3.68. The minimum absolute atomic E-state index is 0. The van der Waals surface area contributed by atoms with Crippen molar-refractivity contribution in [1.29, 1.82) is 0 Å². The van der Waals surface area contributed by atoms with Gasteiger partial charge in [0.15, 0.2) is 0 Å². The summed E-state index contributed by atoms with van der Waals surface area (Å²) in [6, 6.07) is 12.2. The maximum absolute atomic E-state index is 11.3. The Morgan fingerprint density at radius 3 is 1.38 bits per heavy atom. The van der Waals surface area contributed by atoms with Crippen LogP contribution in [0.2, 0.25) is 0 Å². The zero-order valence-corrected chi connectivity index (χ0v) is 20.0. The molecule has 0 N–H and O–H groups in total. The van der Waals surface area contributed by atoms with Gasteiger partial charge in [-0.15, -0.1) is 0 Å². The van der Waals surface area contributed by atoms with Crippen molar-refractivity contribution in [2.45, 2.75) is 39.5 Å². The molecule has 0 fully saturated rings. The minimum Gasteiger partial charge on any atom is -0.872 e. The summed E-state index contributed by atoms with van der Waals surface area (Å²) < 4.78 is 9.82. The van der Waals surface area contributed by atoms with Crippen LogP contribution in [0.3, 0.4) is 0 Å². The molecule has 0 aliphatic rings. The summed E-state index contributed by atoms with van der Waals surface area (Å²) in [7, 11) is 0. The van der Waals surface area contributed by atoms with Crippen LogP contribution in [0.25, 0.3) is 0 Å². The summed E-state index contributed by atoms with van der Waals surface area (Å²) in [5.74, 6) is -1.61. The topological polar surface area (TPSA) is 98.7 Å². The van der Waals surface area contributed by atoms with Crippen LogP contribution < -0.4 is 10.2 Å². The molecule has 2 aromatic carbocycles. The molecule has 2 rings (SSSR count). The summed E-state index contributed by atoms with van der Waals surface area (Å²) in [5.41, 5.74) is 0.229. The van der Waals surface area contributed by atoms with Crippen molar-refractivity contribution in [2.24, 2.45) is 0 Å². The van der Waals surface area contributed by atoms with Gasteiger partial charge in [-0.05, 0) is 25.0 Å². The van der Waals surface area contributed by atoms with Gasteiger partial charge in [0.25, 0.3) is 0 Å². The number of carbonyl (C=O) groups excluding carboxylic acids is 2. The van der Waals surface area contributed by atoms with E-state index in [2.05, 4.69) is 0 Å². The van der Waals surface area contributed by atoms with Crippen molar-refractivity contribution in [3.8, 4) is 11.5 Å². The molecular weight excluding hydrogens is 426 g/mol. The normalized spacial score (nSPS) is 9.45. The molecule has 0 saturated heterocycles. The van der Waals surface area contributed by atoms with Crippen LogP contribution in [0.1, 0.15) is 60.2 Å². The monoisotopic (exact) mass is 450 g/mol. The fourth-order valence-electron chi connectivity index (χ4n) is 2.04. The molecule has 0 atom stereocenters. The number of unbranched alkanes of at least 4 members (excludes halogenated alkanes) is 2. The zero-order chi connectivity index (χ0) is 20.8. The van der Waals surface area contributed by atoms with E-state index in [0.717, 1.165) is 25.7 Å². The Balaban J connectivity index is 0.000000523. The summed E-state index contributed by atoms with van der Waals surface area (Å²) in [6.45, 7) is 4.78. The second kappa shape index (κ2) is 15.5. The minimum atomic E-state index is -0.524. The van der Waals surface area contributed by atoms with Crippen LogP contribution in [0.15, 0.2) is 48.5 Å². The molecule has 29 heavy (non-hydrogen) atoms. The molecule has 0 radical (unpaired) electrons. The molecule has 0 amide bonds. The van der Waals surface area contributed by atoms with Gasteiger partial charge in [0.05, 0.1) is 24.3 Å². The summed E-state index contributed by atoms with van der Waals surface area (Å²) in [6.07, 6.45) is 3.58. The quantitative estimate of drug-likeness (QED) is 0.346. The van der Waals surface area contributed by atoms with Crippen molar-refractivity contribution >= 4 is 11.9 Å². The fourth-order valence-corrected chi connectivity index (χ4v) is 2.04. The molecule has 2 aromatic rings. The Morgan fingerprint density at radius 2 is 1.07 bits per heavy atom. The first kappa shape index (κ1) is 26.6. The first-order valence-electron chi connectivity index (χ1n) is 9.37. The second-order valence-corrected chi connectivity index (χ2v) is 5.97. The molecule has 0 bridgehead atoms. The van der Waals surface area contributed by atoms with Gasteiger partial charge in [0, 0.05) is 0 Å². The first-order chi connectivity index (χ1) is 13.5. The average Bonchev–Trinajstić information content (AvgIpc) is 2.69. The number of rotatable bonds is 8. The fraction of sp³-hybridized carbons (Fsp3) is 0.364. The van der Waals surface area contributed by atoms with Crippen LogP contribution in [0, 0.1) is 0 Å². The van der Waals surface area contributed by atoms with Gasteiger partial charge in [0.1, 0.15) is 0 Å². The Morgan fingerprint density at radius 1 is 0.724 bits per heavy atom. The van der Waals surface area contributed by atoms with Gasteiger partial charge in [0.2, 0.25) is 0 Å². The SMILES string of the molecule is CCCCOC(=O)c1ccccc1[O-].CCCCOC(=O)c1ccccc1[O-].[Zn+2]. The van der Waals surface area contributed by atoms with Gasteiger partial charge in [-0.2, -0.15) is 0 Å². The number of esters is 2. The van der Waals surface area contributed by atoms with Crippen molar-refractivity contribution in [2.75, 3.05) is 13.2 Å². The van der Waals surface area contributed by atoms with Gasteiger partial charge >= 0.3 is 31.4 Å². The van der Waals surface area contributed by atoms with Crippen LogP contribution in [-0.2, 0) is 29.0 Å². The Bertz CT molecular complexity index is 684. The van der Waals surface area contributed by atoms with E-state index in [1.807, 2.05) is 13.8 Å². The number of para-hydroxylation sites is 2. The third kappa shape index (κ3) is 10.1. The molecular formula is C22H26O6Zn. The van der Waals surface area contributed by atoms with Gasteiger partial charge in [-0.3, -0.25) is 0 Å². The Hall–Kier alpha value is -2.40. The summed E-state index contributed by atoms with van der Waals surface area (Å²) >= 11 is 0. The number of ether oxygens (including phenoxy) is 2. The first-order valence-corrected chi connectivity index (χ1v) is 9.37. The molecule has 0 saturated carbocycles. The standard InChI is InChI=1S/2C11H14O3.Zn/c2*1-2-3-8-14-11(13)9-6-4-5-7-10(9)12;/h2*4-7,12H,2-3,8H2,1H3;/q;;+2/p-2. The largest absolute Gasteiger partial charge is 2.00 e. The van der Waals surface area contributed by atoms with Crippen molar-refractivity contribution in [3.63, 3.8) is 0 Å². The summed E-state index contributed by atoms with van der Waals surface area (Å²) in [4.78, 5) is 22.6. The molecule has 0 unspecified atom stereocenters. The van der Waals surface area contributed by atoms with E-state index in [0.29, 0.717) is 13.2 Å². The van der Waals surface area contributed by atoms with Gasteiger partial charge in [-0.1, -0.05) is 74.6 Å². The number of benzene rings is 2. The smallest absolute Gasteiger partial charge is 0.872 e. The van der Waals surface area contributed by atoms with Crippen LogP contribution >= 0.6 is 0 Å². The van der Waals surface area contributed by atoms with Crippen LogP contribution in [0.4, 0.5) is 0 Å². The van der Waals surface area contributed by atoms with E-state index in [1.54, 1.807) is 24.3 Å². The average molecular weight is 452 g/mol. The van der Waals surface area contributed by atoms with E-state index >= 15 is 0 Å². The predicted octanol–water partition coefficient (Wildman–Crippen LogP) is 3.43. The van der Waals surface area contributed by atoms with E-state index in [-0.39, 0.29) is 42.1 Å². The van der Waals surface area contributed by atoms with E-state index < -0.39 is 11.9 Å². The molecule has 0 spiro atoms.